The van der Waals surface area contributed by atoms with E-state index in [2.05, 4.69) is 15.9 Å². The predicted molar refractivity (Wildman–Crippen MR) is 103 cm³/mol. The minimum absolute atomic E-state index is 0.0631. The van der Waals surface area contributed by atoms with Crippen molar-refractivity contribution in [3.8, 4) is 5.75 Å². The van der Waals surface area contributed by atoms with Gasteiger partial charge in [-0.15, -0.1) is 0 Å². The second-order valence-corrected chi connectivity index (χ2v) is 7.98. The average molecular weight is 442 g/mol. The first-order valence-electron chi connectivity index (χ1n) is 8.05. The van der Waals surface area contributed by atoms with Crippen LogP contribution in [0.5, 0.6) is 5.75 Å². The molecule has 140 valence electrons. The third kappa shape index (κ3) is 4.98. The van der Waals surface area contributed by atoms with Crippen LogP contribution in [0, 0.1) is 0 Å². The van der Waals surface area contributed by atoms with Crippen LogP contribution < -0.4 is 9.04 Å². The van der Waals surface area contributed by atoms with E-state index >= 15 is 0 Å². The van der Waals surface area contributed by atoms with Crippen LogP contribution in [0.3, 0.4) is 0 Å². The highest BCUT2D eigenvalue weighted by molar-refractivity contribution is 9.10. The lowest BCUT2D eigenvalue weighted by atomic mass is 10.3. The van der Waals surface area contributed by atoms with Gasteiger partial charge in [-0.25, -0.2) is 8.42 Å². The van der Waals surface area contributed by atoms with Crippen LogP contribution in [0.25, 0.3) is 0 Å². The fraction of sp³-hybridized carbons (Fsp3) is 0.278. The molecule has 2 aromatic rings. The number of sulfonamides is 1. The summed E-state index contributed by atoms with van der Waals surface area (Å²) in [5.41, 5.74) is 0.370. The van der Waals surface area contributed by atoms with E-state index in [9.17, 15) is 13.2 Å². The van der Waals surface area contributed by atoms with Gasteiger partial charge in [0.1, 0.15) is 12.3 Å². The van der Waals surface area contributed by atoms with Crippen molar-refractivity contribution in [3.63, 3.8) is 0 Å². The molecule has 0 aliphatic carbocycles. The van der Waals surface area contributed by atoms with Crippen molar-refractivity contribution in [2.75, 3.05) is 24.1 Å². The monoisotopic (exact) mass is 441 g/mol. The van der Waals surface area contributed by atoms with Crippen molar-refractivity contribution in [1.29, 1.82) is 0 Å². The van der Waals surface area contributed by atoms with Crippen molar-refractivity contribution in [2.24, 2.45) is 0 Å². The van der Waals surface area contributed by atoms with Gasteiger partial charge in [0.2, 0.25) is 0 Å². The number of hydrogen-bond acceptors (Lipinski definition) is 5. The Balaban J connectivity index is 2.41. The molecule has 8 heteroatoms. The van der Waals surface area contributed by atoms with Crippen LogP contribution in [0.1, 0.15) is 13.8 Å². The first-order chi connectivity index (χ1) is 12.4. The van der Waals surface area contributed by atoms with Gasteiger partial charge in [0, 0.05) is 4.47 Å². The number of rotatable bonds is 8. The molecule has 0 bridgehead atoms. The first kappa shape index (κ1) is 20.3. The molecule has 2 rings (SSSR count). The zero-order valence-electron chi connectivity index (χ0n) is 14.5. The third-order valence-corrected chi connectivity index (χ3v) is 5.73. The number of carbonyl (C=O) groups excluding carboxylic acids is 1. The number of carbonyl (C=O) groups is 1. The molecule has 2 aromatic carbocycles. The van der Waals surface area contributed by atoms with Crippen molar-refractivity contribution in [3.05, 3.63) is 53.0 Å². The molecule has 0 saturated heterocycles. The lowest BCUT2D eigenvalue weighted by molar-refractivity contribution is -0.141. The van der Waals surface area contributed by atoms with E-state index in [0.717, 1.165) is 8.78 Å². The molecule has 26 heavy (non-hydrogen) atoms. The van der Waals surface area contributed by atoms with Crippen molar-refractivity contribution >= 4 is 37.6 Å². The number of nitrogens with zero attached hydrogens (tertiary/aromatic N) is 1. The quantitative estimate of drug-likeness (QED) is 0.585. The third-order valence-electron chi connectivity index (χ3n) is 3.42. The van der Waals surface area contributed by atoms with Crippen LogP contribution in [0.15, 0.2) is 57.9 Å². The molecule has 0 N–H and O–H groups in total. The summed E-state index contributed by atoms with van der Waals surface area (Å²) in [6, 6.07) is 12.7. The smallest absolute Gasteiger partial charge is 0.326 e. The van der Waals surface area contributed by atoms with Gasteiger partial charge in [0.15, 0.2) is 0 Å². The average Bonchev–Trinajstić information content (AvgIpc) is 2.61. The van der Waals surface area contributed by atoms with Gasteiger partial charge < -0.3 is 9.47 Å². The Bertz CT molecular complexity index is 835. The van der Waals surface area contributed by atoms with Crippen LogP contribution in [0.2, 0.25) is 0 Å². The summed E-state index contributed by atoms with van der Waals surface area (Å²) in [6.45, 7) is 3.77. The van der Waals surface area contributed by atoms with Crippen LogP contribution in [-0.2, 0) is 19.6 Å². The molecule has 0 fully saturated rings. The van der Waals surface area contributed by atoms with Gasteiger partial charge >= 0.3 is 5.97 Å². The van der Waals surface area contributed by atoms with Gasteiger partial charge in [-0.3, -0.25) is 9.10 Å². The normalized spacial score (nSPS) is 11.0. The van der Waals surface area contributed by atoms with Crippen molar-refractivity contribution in [1.82, 2.24) is 0 Å². The summed E-state index contributed by atoms with van der Waals surface area (Å²) in [6.07, 6.45) is 0. The highest BCUT2D eigenvalue weighted by Crippen LogP contribution is 2.26. The summed E-state index contributed by atoms with van der Waals surface area (Å²) in [4.78, 5) is 12.0. The second-order valence-electron chi connectivity index (χ2n) is 5.20. The number of anilines is 1. The van der Waals surface area contributed by atoms with Crippen molar-refractivity contribution in [2.45, 2.75) is 18.7 Å². The standard InChI is InChI=1S/C18H20BrNO5S/c1-3-24-16-9-11-17(12-10-16)26(22,23)20(13-18(21)25-4-2)15-7-5-14(19)6-8-15/h5-12H,3-4,13H2,1-2H3. The van der Waals surface area contributed by atoms with E-state index < -0.39 is 22.5 Å². The molecule has 0 radical (unpaired) electrons. The Morgan fingerprint density at radius 3 is 2.15 bits per heavy atom. The Hall–Kier alpha value is -2.06. The number of ether oxygens (including phenoxy) is 2. The molecule has 0 aliphatic heterocycles. The Morgan fingerprint density at radius 1 is 1.00 bits per heavy atom. The summed E-state index contributed by atoms with van der Waals surface area (Å²) >= 11 is 3.31. The molecule has 0 spiro atoms. The maximum atomic E-state index is 13.1. The Morgan fingerprint density at radius 2 is 1.62 bits per heavy atom. The predicted octanol–water partition coefficient (Wildman–Crippen LogP) is 3.61. The van der Waals surface area contributed by atoms with Gasteiger partial charge in [-0.05, 0) is 62.4 Å². The topological polar surface area (TPSA) is 72.9 Å². The van der Waals surface area contributed by atoms with Crippen LogP contribution >= 0.6 is 15.9 Å². The molecule has 0 saturated carbocycles. The molecule has 0 unspecified atom stereocenters. The molecule has 0 aliphatic rings. The number of benzene rings is 2. The maximum Gasteiger partial charge on any atom is 0.326 e. The lowest BCUT2D eigenvalue weighted by Gasteiger charge is -2.23. The van der Waals surface area contributed by atoms with E-state index in [1.54, 1.807) is 43.3 Å². The number of hydrogen-bond donors (Lipinski definition) is 0. The summed E-state index contributed by atoms with van der Waals surface area (Å²) in [7, 11) is -3.95. The van der Waals surface area contributed by atoms with E-state index in [4.69, 9.17) is 9.47 Å². The van der Waals surface area contributed by atoms with E-state index in [1.165, 1.54) is 12.1 Å². The van der Waals surface area contributed by atoms with Gasteiger partial charge in [-0.2, -0.15) is 0 Å². The van der Waals surface area contributed by atoms with Crippen LogP contribution in [0.4, 0.5) is 5.69 Å². The largest absolute Gasteiger partial charge is 0.494 e. The SMILES string of the molecule is CCOC(=O)CN(c1ccc(Br)cc1)S(=O)(=O)c1ccc(OCC)cc1. The molecular formula is C18H20BrNO5S. The van der Waals surface area contributed by atoms with Crippen LogP contribution in [-0.4, -0.2) is 34.1 Å². The molecular weight excluding hydrogens is 422 g/mol. The summed E-state index contributed by atoms with van der Waals surface area (Å²) in [5, 5.41) is 0. The van der Waals surface area contributed by atoms with E-state index in [-0.39, 0.29) is 11.5 Å². The van der Waals surface area contributed by atoms with Gasteiger partial charge in [0.05, 0.1) is 23.8 Å². The van der Waals surface area contributed by atoms with E-state index in [1.807, 2.05) is 6.92 Å². The zero-order chi connectivity index (χ0) is 19.2. The fourth-order valence-corrected chi connectivity index (χ4v) is 3.92. The molecule has 0 amide bonds. The summed E-state index contributed by atoms with van der Waals surface area (Å²) in [5.74, 6) is -0.0445. The van der Waals surface area contributed by atoms with E-state index in [0.29, 0.717) is 18.0 Å². The van der Waals surface area contributed by atoms with Crippen molar-refractivity contribution < 1.29 is 22.7 Å². The van der Waals surface area contributed by atoms with Gasteiger partial charge in [-0.1, -0.05) is 15.9 Å². The molecule has 0 heterocycles. The Kier molecular flexibility index (Phi) is 7.05. The Labute approximate surface area is 161 Å². The minimum Gasteiger partial charge on any atom is -0.494 e. The molecule has 6 nitrogen and oxygen atoms in total. The first-order valence-corrected chi connectivity index (χ1v) is 10.3. The molecule has 0 atom stereocenters. The lowest BCUT2D eigenvalue weighted by Crippen LogP contribution is -2.36. The highest BCUT2D eigenvalue weighted by Gasteiger charge is 2.27. The number of esters is 1. The minimum atomic E-state index is -3.95. The molecule has 0 aromatic heterocycles. The summed E-state index contributed by atoms with van der Waals surface area (Å²) < 4.78 is 38.3. The zero-order valence-corrected chi connectivity index (χ0v) is 16.9. The maximum absolute atomic E-state index is 13.1. The highest BCUT2D eigenvalue weighted by atomic mass is 79.9. The number of halogens is 1. The van der Waals surface area contributed by atoms with Gasteiger partial charge in [0.25, 0.3) is 10.0 Å². The fourth-order valence-electron chi connectivity index (χ4n) is 2.25. The second kappa shape index (κ2) is 9.05.